The van der Waals surface area contributed by atoms with Crippen molar-refractivity contribution in [3.8, 4) is 11.8 Å². The molecule has 7 nitrogen and oxygen atoms in total. The SMILES string of the molecule is COc1cnc(OC2CCN(c3ncc(Cl)cn3)C2)nc1. The largest absolute Gasteiger partial charge is 0.494 e. The molecule has 0 saturated carbocycles. The van der Waals surface area contributed by atoms with Crippen molar-refractivity contribution >= 4 is 17.5 Å². The minimum absolute atomic E-state index is 0.0117. The van der Waals surface area contributed by atoms with Crippen LogP contribution in [-0.4, -0.2) is 46.2 Å². The molecule has 1 atom stereocenters. The first-order valence-corrected chi connectivity index (χ1v) is 6.87. The average Bonchev–Trinajstić information content (AvgIpc) is 2.97. The maximum absolute atomic E-state index is 5.78. The van der Waals surface area contributed by atoms with Crippen molar-refractivity contribution in [2.24, 2.45) is 0 Å². The van der Waals surface area contributed by atoms with E-state index in [4.69, 9.17) is 21.1 Å². The lowest BCUT2D eigenvalue weighted by Gasteiger charge is -2.16. The van der Waals surface area contributed by atoms with Gasteiger partial charge in [0.25, 0.3) is 0 Å². The number of ether oxygens (including phenoxy) is 2. The smallest absolute Gasteiger partial charge is 0.316 e. The number of aromatic nitrogens is 4. The summed E-state index contributed by atoms with van der Waals surface area (Å²) in [5.74, 6) is 1.26. The number of anilines is 1. The Morgan fingerprint density at radius 3 is 2.52 bits per heavy atom. The second-order valence-corrected chi connectivity index (χ2v) is 5.02. The molecule has 21 heavy (non-hydrogen) atoms. The van der Waals surface area contributed by atoms with E-state index in [0.717, 1.165) is 13.0 Å². The molecule has 8 heteroatoms. The maximum Gasteiger partial charge on any atom is 0.316 e. The molecule has 0 N–H and O–H groups in total. The van der Waals surface area contributed by atoms with Crippen LogP contribution in [0.5, 0.6) is 11.8 Å². The molecule has 1 unspecified atom stereocenters. The lowest BCUT2D eigenvalue weighted by atomic mass is 10.3. The quantitative estimate of drug-likeness (QED) is 0.849. The summed E-state index contributed by atoms with van der Waals surface area (Å²) in [6.45, 7) is 1.51. The first kappa shape index (κ1) is 13.8. The molecule has 1 aliphatic heterocycles. The van der Waals surface area contributed by atoms with Crippen molar-refractivity contribution in [3.63, 3.8) is 0 Å². The van der Waals surface area contributed by atoms with Crippen LogP contribution in [0, 0.1) is 0 Å². The van der Waals surface area contributed by atoms with Crippen LogP contribution in [0.15, 0.2) is 24.8 Å². The topological polar surface area (TPSA) is 73.3 Å². The van der Waals surface area contributed by atoms with Crippen molar-refractivity contribution in [1.82, 2.24) is 19.9 Å². The molecule has 0 spiro atoms. The molecule has 2 aromatic rings. The van der Waals surface area contributed by atoms with Gasteiger partial charge in [-0.1, -0.05) is 11.6 Å². The van der Waals surface area contributed by atoms with E-state index in [2.05, 4.69) is 19.9 Å². The lowest BCUT2D eigenvalue weighted by molar-refractivity contribution is 0.205. The van der Waals surface area contributed by atoms with Crippen molar-refractivity contribution in [2.75, 3.05) is 25.1 Å². The second kappa shape index (κ2) is 6.09. The predicted octanol–water partition coefficient (Wildman–Crippen LogP) is 1.59. The van der Waals surface area contributed by atoms with E-state index in [0.29, 0.717) is 29.3 Å². The van der Waals surface area contributed by atoms with Gasteiger partial charge in [-0.3, -0.25) is 0 Å². The molecular weight excluding hydrogens is 294 g/mol. The fraction of sp³-hybridized carbons (Fsp3) is 0.385. The standard InChI is InChI=1S/C13H14ClN5O2/c1-20-11-6-17-13(18-7-11)21-10-2-3-19(8-10)12-15-4-9(14)5-16-12/h4-7,10H,2-3,8H2,1H3. The zero-order valence-electron chi connectivity index (χ0n) is 11.4. The number of rotatable bonds is 4. The highest BCUT2D eigenvalue weighted by atomic mass is 35.5. The number of halogens is 1. The molecule has 0 aromatic carbocycles. The van der Waals surface area contributed by atoms with Crippen LogP contribution in [0.3, 0.4) is 0 Å². The summed E-state index contributed by atoms with van der Waals surface area (Å²) < 4.78 is 10.8. The van der Waals surface area contributed by atoms with Gasteiger partial charge >= 0.3 is 6.01 Å². The van der Waals surface area contributed by atoms with E-state index >= 15 is 0 Å². The summed E-state index contributed by atoms with van der Waals surface area (Å²) in [6.07, 6.45) is 7.21. The first-order chi connectivity index (χ1) is 10.2. The molecule has 1 aliphatic rings. The molecule has 2 aromatic heterocycles. The molecule has 0 bridgehead atoms. The predicted molar refractivity (Wildman–Crippen MR) is 76.9 cm³/mol. The van der Waals surface area contributed by atoms with Crippen LogP contribution in [0.2, 0.25) is 5.02 Å². The Labute approximate surface area is 126 Å². The average molecular weight is 308 g/mol. The number of hydrogen-bond acceptors (Lipinski definition) is 7. The molecule has 0 aliphatic carbocycles. The Balaban J connectivity index is 1.60. The third-order valence-electron chi connectivity index (χ3n) is 3.15. The van der Waals surface area contributed by atoms with Crippen LogP contribution < -0.4 is 14.4 Å². The van der Waals surface area contributed by atoms with Gasteiger partial charge in [0.1, 0.15) is 6.10 Å². The van der Waals surface area contributed by atoms with Gasteiger partial charge in [-0.05, 0) is 0 Å². The van der Waals surface area contributed by atoms with Gasteiger partial charge in [-0.15, -0.1) is 0 Å². The van der Waals surface area contributed by atoms with Gasteiger partial charge in [0, 0.05) is 13.0 Å². The highest BCUT2D eigenvalue weighted by Gasteiger charge is 2.26. The third-order valence-corrected chi connectivity index (χ3v) is 3.34. The van der Waals surface area contributed by atoms with Crippen molar-refractivity contribution in [1.29, 1.82) is 0 Å². The van der Waals surface area contributed by atoms with E-state index in [1.165, 1.54) is 0 Å². The summed E-state index contributed by atoms with van der Waals surface area (Å²) in [6, 6.07) is 0.347. The van der Waals surface area contributed by atoms with E-state index < -0.39 is 0 Å². The van der Waals surface area contributed by atoms with Gasteiger partial charge in [0.05, 0.1) is 43.5 Å². The minimum Gasteiger partial charge on any atom is -0.494 e. The molecule has 1 fully saturated rings. The van der Waals surface area contributed by atoms with E-state index in [1.807, 2.05) is 4.90 Å². The fourth-order valence-electron chi connectivity index (χ4n) is 2.09. The summed E-state index contributed by atoms with van der Waals surface area (Å²) in [5, 5.41) is 0.525. The number of methoxy groups -OCH3 is 1. The highest BCUT2D eigenvalue weighted by Crippen LogP contribution is 2.20. The highest BCUT2D eigenvalue weighted by molar-refractivity contribution is 6.30. The Bertz CT molecular complexity index is 593. The van der Waals surface area contributed by atoms with Crippen LogP contribution in [0.4, 0.5) is 5.95 Å². The normalized spacial score (nSPS) is 17.8. The Hall–Kier alpha value is -2.15. The van der Waals surface area contributed by atoms with E-state index in [-0.39, 0.29) is 6.10 Å². The van der Waals surface area contributed by atoms with Crippen LogP contribution in [-0.2, 0) is 0 Å². The molecular formula is C13H14ClN5O2. The monoisotopic (exact) mass is 307 g/mol. The summed E-state index contributed by atoms with van der Waals surface area (Å²) in [5.41, 5.74) is 0. The summed E-state index contributed by atoms with van der Waals surface area (Å²) >= 11 is 5.78. The Kier molecular flexibility index (Phi) is 4.01. The molecule has 0 radical (unpaired) electrons. The lowest BCUT2D eigenvalue weighted by Crippen LogP contribution is -2.26. The van der Waals surface area contributed by atoms with Gasteiger partial charge in [-0.25, -0.2) is 9.97 Å². The van der Waals surface area contributed by atoms with Crippen LogP contribution in [0.25, 0.3) is 0 Å². The van der Waals surface area contributed by atoms with Crippen LogP contribution in [0.1, 0.15) is 6.42 Å². The molecule has 0 amide bonds. The summed E-state index contributed by atoms with van der Waals surface area (Å²) in [4.78, 5) is 18.6. The maximum atomic E-state index is 5.78. The van der Waals surface area contributed by atoms with Crippen LogP contribution >= 0.6 is 11.6 Å². The van der Waals surface area contributed by atoms with Gasteiger partial charge in [0.2, 0.25) is 5.95 Å². The number of hydrogen-bond donors (Lipinski definition) is 0. The van der Waals surface area contributed by atoms with Gasteiger partial charge in [0.15, 0.2) is 5.75 Å². The second-order valence-electron chi connectivity index (χ2n) is 4.58. The molecule has 1 saturated heterocycles. The van der Waals surface area contributed by atoms with Gasteiger partial charge in [-0.2, -0.15) is 9.97 Å². The minimum atomic E-state index is 0.0117. The van der Waals surface area contributed by atoms with Crippen molar-refractivity contribution in [3.05, 3.63) is 29.8 Å². The molecule has 3 heterocycles. The van der Waals surface area contributed by atoms with E-state index in [9.17, 15) is 0 Å². The zero-order valence-corrected chi connectivity index (χ0v) is 12.2. The molecule has 110 valence electrons. The first-order valence-electron chi connectivity index (χ1n) is 6.50. The number of nitrogens with zero attached hydrogens (tertiary/aromatic N) is 5. The Morgan fingerprint density at radius 1 is 1.14 bits per heavy atom. The fourth-order valence-corrected chi connectivity index (χ4v) is 2.19. The van der Waals surface area contributed by atoms with E-state index in [1.54, 1.807) is 31.9 Å². The van der Waals surface area contributed by atoms with Crippen molar-refractivity contribution in [2.45, 2.75) is 12.5 Å². The van der Waals surface area contributed by atoms with Gasteiger partial charge < -0.3 is 14.4 Å². The van der Waals surface area contributed by atoms with Crippen molar-refractivity contribution < 1.29 is 9.47 Å². The third kappa shape index (κ3) is 3.30. The zero-order chi connectivity index (χ0) is 14.7. The Morgan fingerprint density at radius 2 is 1.86 bits per heavy atom. The summed E-state index contributed by atoms with van der Waals surface area (Å²) in [7, 11) is 1.57. The molecule has 3 rings (SSSR count).